The molecule has 19 heavy (non-hydrogen) atoms. The Morgan fingerprint density at radius 2 is 2.00 bits per heavy atom. The van der Waals surface area contributed by atoms with Gasteiger partial charge in [-0.1, -0.05) is 45.8 Å². The molecular formula is C16H14BrFO. The smallest absolute Gasteiger partial charge is 0.166 e. The van der Waals surface area contributed by atoms with Gasteiger partial charge in [0.2, 0.25) is 0 Å². The van der Waals surface area contributed by atoms with Gasteiger partial charge in [-0.15, -0.1) is 0 Å². The lowest BCUT2D eigenvalue weighted by Gasteiger charge is -2.11. The molecule has 0 saturated carbocycles. The molecule has 98 valence electrons. The Kier molecular flexibility index (Phi) is 3.31. The first-order valence-corrected chi connectivity index (χ1v) is 7.11. The standard InChI is InChI=1S/C16H14BrFO/c1-10-2-4-11(5-3-10)6-14-8-12-7-13(17)9-15(18)16(12)19-14/h2-5,7,9,14H,6,8H2,1H3. The van der Waals surface area contributed by atoms with E-state index in [1.165, 1.54) is 17.2 Å². The molecule has 1 atom stereocenters. The van der Waals surface area contributed by atoms with Gasteiger partial charge in [-0.2, -0.15) is 0 Å². The predicted octanol–water partition coefficient (Wildman–Crippen LogP) is 4.44. The van der Waals surface area contributed by atoms with E-state index in [1.54, 1.807) is 0 Å². The zero-order valence-corrected chi connectivity index (χ0v) is 12.2. The summed E-state index contributed by atoms with van der Waals surface area (Å²) in [6.07, 6.45) is 1.60. The SMILES string of the molecule is Cc1ccc(CC2Cc3cc(Br)cc(F)c3O2)cc1. The van der Waals surface area contributed by atoms with E-state index in [1.807, 2.05) is 6.07 Å². The van der Waals surface area contributed by atoms with E-state index >= 15 is 0 Å². The molecule has 1 unspecified atom stereocenters. The number of aryl methyl sites for hydroxylation is 1. The number of rotatable bonds is 2. The van der Waals surface area contributed by atoms with Crippen molar-refractivity contribution in [2.24, 2.45) is 0 Å². The second-order valence-electron chi connectivity index (χ2n) is 5.01. The van der Waals surface area contributed by atoms with Crippen LogP contribution in [0.1, 0.15) is 16.7 Å². The van der Waals surface area contributed by atoms with Gasteiger partial charge in [0.05, 0.1) is 0 Å². The molecule has 0 N–H and O–H groups in total. The third-order valence-corrected chi connectivity index (χ3v) is 3.86. The zero-order chi connectivity index (χ0) is 13.4. The third-order valence-electron chi connectivity index (χ3n) is 3.40. The fourth-order valence-electron chi connectivity index (χ4n) is 2.45. The van der Waals surface area contributed by atoms with Crippen LogP contribution >= 0.6 is 15.9 Å². The average Bonchev–Trinajstić information content (AvgIpc) is 2.75. The molecule has 1 aliphatic heterocycles. The number of halogens is 2. The topological polar surface area (TPSA) is 9.23 Å². The van der Waals surface area contributed by atoms with Gasteiger partial charge in [0.15, 0.2) is 11.6 Å². The molecule has 0 amide bonds. The van der Waals surface area contributed by atoms with E-state index in [-0.39, 0.29) is 11.9 Å². The van der Waals surface area contributed by atoms with E-state index in [0.717, 1.165) is 22.9 Å². The van der Waals surface area contributed by atoms with E-state index in [4.69, 9.17) is 4.74 Å². The van der Waals surface area contributed by atoms with Crippen molar-refractivity contribution in [2.75, 3.05) is 0 Å². The summed E-state index contributed by atoms with van der Waals surface area (Å²) < 4.78 is 20.3. The van der Waals surface area contributed by atoms with Crippen molar-refractivity contribution in [3.8, 4) is 5.75 Å². The highest BCUT2D eigenvalue weighted by atomic mass is 79.9. The number of hydrogen-bond donors (Lipinski definition) is 0. The lowest BCUT2D eigenvalue weighted by Crippen LogP contribution is -2.16. The quantitative estimate of drug-likeness (QED) is 0.794. The Balaban J connectivity index is 1.77. The van der Waals surface area contributed by atoms with Crippen molar-refractivity contribution in [2.45, 2.75) is 25.9 Å². The summed E-state index contributed by atoms with van der Waals surface area (Å²) in [5.74, 6) is 0.135. The molecule has 0 saturated heterocycles. The molecule has 3 heteroatoms. The summed E-state index contributed by atoms with van der Waals surface area (Å²) in [6.45, 7) is 2.07. The van der Waals surface area contributed by atoms with Crippen LogP contribution < -0.4 is 4.74 Å². The summed E-state index contributed by atoms with van der Waals surface area (Å²) in [4.78, 5) is 0. The van der Waals surface area contributed by atoms with Gasteiger partial charge >= 0.3 is 0 Å². The van der Waals surface area contributed by atoms with Crippen LogP contribution in [0.25, 0.3) is 0 Å². The van der Waals surface area contributed by atoms with Gasteiger partial charge in [-0.05, 0) is 24.6 Å². The normalized spacial score (nSPS) is 17.1. The molecule has 1 aliphatic rings. The van der Waals surface area contributed by atoms with E-state index in [0.29, 0.717) is 5.75 Å². The summed E-state index contributed by atoms with van der Waals surface area (Å²) in [5, 5.41) is 0. The molecule has 0 fully saturated rings. The van der Waals surface area contributed by atoms with Crippen molar-refractivity contribution in [3.63, 3.8) is 0 Å². The van der Waals surface area contributed by atoms with Crippen LogP contribution in [0, 0.1) is 12.7 Å². The summed E-state index contributed by atoms with van der Waals surface area (Å²) in [6, 6.07) is 11.8. The number of hydrogen-bond acceptors (Lipinski definition) is 1. The lowest BCUT2D eigenvalue weighted by atomic mass is 10.0. The molecule has 2 aromatic carbocycles. The van der Waals surface area contributed by atoms with Gasteiger partial charge in [-0.25, -0.2) is 4.39 Å². The van der Waals surface area contributed by atoms with E-state index in [2.05, 4.69) is 47.1 Å². The van der Waals surface area contributed by atoms with Crippen LogP contribution in [-0.2, 0) is 12.8 Å². The molecule has 2 aromatic rings. The van der Waals surface area contributed by atoms with Gasteiger partial charge in [0.1, 0.15) is 6.10 Å². The van der Waals surface area contributed by atoms with Crippen molar-refractivity contribution < 1.29 is 9.13 Å². The largest absolute Gasteiger partial charge is 0.486 e. The van der Waals surface area contributed by atoms with Gasteiger partial charge in [0, 0.05) is 22.9 Å². The Morgan fingerprint density at radius 1 is 1.26 bits per heavy atom. The fourth-order valence-corrected chi connectivity index (χ4v) is 2.93. The molecule has 3 rings (SSSR count). The summed E-state index contributed by atoms with van der Waals surface area (Å²) in [7, 11) is 0. The van der Waals surface area contributed by atoms with Crippen molar-refractivity contribution in [3.05, 3.63) is 63.4 Å². The average molecular weight is 321 g/mol. The number of fused-ring (bicyclic) bond motifs is 1. The predicted molar refractivity (Wildman–Crippen MR) is 77.1 cm³/mol. The molecule has 0 aliphatic carbocycles. The molecule has 0 bridgehead atoms. The highest BCUT2D eigenvalue weighted by molar-refractivity contribution is 9.10. The Hall–Kier alpha value is -1.35. The number of benzene rings is 2. The van der Waals surface area contributed by atoms with Crippen LogP contribution in [0.15, 0.2) is 40.9 Å². The molecule has 1 nitrogen and oxygen atoms in total. The first-order chi connectivity index (χ1) is 9.11. The molecule has 0 spiro atoms. The van der Waals surface area contributed by atoms with E-state index in [9.17, 15) is 4.39 Å². The van der Waals surface area contributed by atoms with Gasteiger partial charge in [-0.3, -0.25) is 0 Å². The lowest BCUT2D eigenvalue weighted by molar-refractivity contribution is 0.224. The van der Waals surface area contributed by atoms with Crippen LogP contribution in [-0.4, -0.2) is 6.10 Å². The molecular weight excluding hydrogens is 307 g/mol. The first-order valence-electron chi connectivity index (χ1n) is 6.32. The molecule has 0 radical (unpaired) electrons. The fraction of sp³-hybridized carbons (Fsp3) is 0.250. The Bertz CT molecular complexity index is 607. The van der Waals surface area contributed by atoms with Crippen LogP contribution in [0.5, 0.6) is 5.75 Å². The van der Waals surface area contributed by atoms with Crippen LogP contribution in [0.4, 0.5) is 4.39 Å². The minimum absolute atomic E-state index is 0.0292. The third kappa shape index (κ3) is 2.66. The maximum absolute atomic E-state index is 13.8. The van der Waals surface area contributed by atoms with Crippen molar-refractivity contribution >= 4 is 15.9 Å². The van der Waals surface area contributed by atoms with Gasteiger partial charge < -0.3 is 4.74 Å². The molecule has 1 heterocycles. The van der Waals surface area contributed by atoms with Crippen molar-refractivity contribution in [1.29, 1.82) is 0 Å². The van der Waals surface area contributed by atoms with E-state index < -0.39 is 0 Å². The summed E-state index contributed by atoms with van der Waals surface area (Å²) in [5.41, 5.74) is 3.42. The maximum atomic E-state index is 13.8. The number of ether oxygens (including phenoxy) is 1. The monoisotopic (exact) mass is 320 g/mol. The van der Waals surface area contributed by atoms with Gasteiger partial charge in [0.25, 0.3) is 0 Å². The second-order valence-corrected chi connectivity index (χ2v) is 5.93. The Labute approximate surface area is 120 Å². The first kappa shape index (κ1) is 12.7. The Morgan fingerprint density at radius 3 is 2.74 bits per heavy atom. The highest BCUT2D eigenvalue weighted by Crippen LogP contribution is 2.35. The molecule has 0 aromatic heterocycles. The maximum Gasteiger partial charge on any atom is 0.166 e. The van der Waals surface area contributed by atoms with Crippen molar-refractivity contribution in [1.82, 2.24) is 0 Å². The minimum Gasteiger partial charge on any atom is -0.486 e. The highest BCUT2D eigenvalue weighted by Gasteiger charge is 2.26. The minimum atomic E-state index is -0.282. The summed E-state index contributed by atoms with van der Waals surface area (Å²) >= 11 is 3.31. The van der Waals surface area contributed by atoms with Crippen LogP contribution in [0.2, 0.25) is 0 Å². The second kappa shape index (κ2) is 4.97. The zero-order valence-electron chi connectivity index (χ0n) is 10.6. The van der Waals surface area contributed by atoms with Crippen LogP contribution in [0.3, 0.4) is 0 Å².